The van der Waals surface area contributed by atoms with Gasteiger partial charge in [0.2, 0.25) is 17.2 Å². The van der Waals surface area contributed by atoms with Crippen LogP contribution in [-0.2, 0) is 14.1 Å². The number of nitrogens with zero attached hydrogens (tertiary/aromatic N) is 5. The van der Waals surface area contributed by atoms with E-state index in [2.05, 4.69) is 74.6 Å². The minimum atomic E-state index is -0.103. The summed E-state index contributed by atoms with van der Waals surface area (Å²) in [6, 6.07) is 8.48. The Hall–Kier alpha value is -2.80. The summed E-state index contributed by atoms with van der Waals surface area (Å²) < 4.78 is 4.07. The van der Waals surface area contributed by atoms with Crippen LogP contribution in [0.2, 0.25) is 5.28 Å². The number of anilines is 2. The number of aryl methyl sites for hydroxylation is 2. The van der Waals surface area contributed by atoms with Crippen LogP contribution in [0.5, 0.6) is 0 Å². The molecule has 0 spiro atoms. The van der Waals surface area contributed by atoms with Gasteiger partial charge in [0.15, 0.2) is 24.8 Å². The van der Waals surface area contributed by atoms with Gasteiger partial charge >= 0.3 is 0 Å². The van der Waals surface area contributed by atoms with E-state index in [1.54, 1.807) is 0 Å². The van der Waals surface area contributed by atoms with Gasteiger partial charge in [-0.2, -0.15) is 15.0 Å². The van der Waals surface area contributed by atoms with Gasteiger partial charge in [-0.15, -0.1) is 0 Å². The van der Waals surface area contributed by atoms with Crippen LogP contribution in [0.4, 0.5) is 11.9 Å². The van der Waals surface area contributed by atoms with Crippen molar-refractivity contribution in [3.8, 4) is 11.1 Å². The molecule has 0 saturated carbocycles. The lowest BCUT2D eigenvalue weighted by Gasteiger charge is -2.20. The molecule has 0 aliphatic carbocycles. The van der Waals surface area contributed by atoms with E-state index in [0.29, 0.717) is 11.9 Å². The summed E-state index contributed by atoms with van der Waals surface area (Å²) in [6.45, 7) is 8.79. The molecule has 3 rings (SSSR count). The van der Waals surface area contributed by atoms with E-state index in [-0.39, 0.29) is 10.8 Å². The number of rotatable bonds is 4. The maximum atomic E-state index is 5.77. The van der Waals surface area contributed by atoms with Crippen LogP contribution in [-0.4, -0.2) is 27.0 Å². The lowest BCUT2D eigenvalue weighted by Crippen LogP contribution is -2.27. The van der Waals surface area contributed by atoms with Crippen LogP contribution in [0.15, 0.2) is 49.1 Å². The second-order valence-corrected chi connectivity index (χ2v) is 8.00. The molecule has 8 heteroatoms. The average molecular weight is 416 g/mol. The van der Waals surface area contributed by atoms with Crippen LogP contribution < -0.4 is 19.8 Å². The zero-order chi connectivity index (χ0) is 21.4. The predicted octanol–water partition coefficient (Wildman–Crippen LogP) is 3.17. The van der Waals surface area contributed by atoms with Crippen LogP contribution in [0.25, 0.3) is 11.1 Å². The molecule has 154 valence electrons. The Bertz CT molecular complexity index is 860. The molecule has 0 aliphatic rings. The second-order valence-electron chi connectivity index (χ2n) is 7.66. The molecule has 3 aromatic heterocycles. The number of halogens is 1. The van der Waals surface area contributed by atoms with Gasteiger partial charge in [-0.1, -0.05) is 0 Å². The first-order valence-corrected chi connectivity index (χ1v) is 9.88. The lowest BCUT2D eigenvalue weighted by molar-refractivity contribution is -0.671. The highest BCUT2D eigenvalue weighted by Gasteiger charge is 2.12. The molecule has 0 unspecified atom stereocenters. The molecular formula is C21H30ClN7+2. The molecular weight excluding hydrogens is 386 g/mol. The number of nitrogens with one attached hydrogen (secondary N) is 2. The first-order chi connectivity index (χ1) is 13.7. The van der Waals surface area contributed by atoms with Gasteiger partial charge in [0.05, 0.1) is 0 Å². The van der Waals surface area contributed by atoms with Crippen LogP contribution in [0.1, 0.15) is 27.7 Å². The molecule has 0 saturated heterocycles. The molecule has 0 aliphatic heterocycles. The van der Waals surface area contributed by atoms with Crippen molar-refractivity contribution in [2.45, 2.75) is 33.2 Å². The molecule has 7 nitrogen and oxygen atoms in total. The number of aromatic nitrogens is 5. The summed E-state index contributed by atoms with van der Waals surface area (Å²) in [5, 5.41) is 6.31. The minimum Gasteiger partial charge on any atom is -0.354 e. The van der Waals surface area contributed by atoms with E-state index in [1.807, 2.05) is 50.9 Å². The summed E-state index contributed by atoms with van der Waals surface area (Å²) in [5.74, 6) is 0.975. The summed E-state index contributed by atoms with van der Waals surface area (Å²) in [7, 11) is 4.05. The van der Waals surface area contributed by atoms with Crippen molar-refractivity contribution in [1.29, 1.82) is 0 Å². The van der Waals surface area contributed by atoms with Gasteiger partial charge in [-0.05, 0) is 50.4 Å². The zero-order valence-corrected chi connectivity index (χ0v) is 18.7. The maximum Gasteiger partial charge on any atom is 0.229 e. The molecule has 29 heavy (non-hydrogen) atoms. The second kappa shape index (κ2) is 10.1. The molecule has 0 atom stereocenters. The van der Waals surface area contributed by atoms with E-state index < -0.39 is 0 Å². The molecule has 0 aromatic carbocycles. The van der Waals surface area contributed by atoms with E-state index in [4.69, 9.17) is 11.6 Å². The Morgan fingerprint density at radius 1 is 0.828 bits per heavy atom. The van der Waals surface area contributed by atoms with E-state index in [9.17, 15) is 0 Å². The fourth-order valence-corrected chi connectivity index (χ4v) is 2.53. The Balaban J connectivity index is 0.000000207. The summed E-state index contributed by atoms with van der Waals surface area (Å²) in [4.78, 5) is 12.1. The molecule has 0 bridgehead atoms. The van der Waals surface area contributed by atoms with E-state index in [0.717, 1.165) is 6.54 Å². The Kier molecular flexibility index (Phi) is 7.84. The van der Waals surface area contributed by atoms with Gasteiger partial charge in [0, 0.05) is 36.3 Å². The molecule has 0 fully saturated rings. The highest BCUT2D eigenvalue weighted by atomic mass is 35.5. The summed E-state index contributed by atoms with van der Waals surface area (Å²) >= 11 is 5.77. The molecule has 3 heterocycles. The third-order valence-electron chi connectivity index (χ3n) is 3.72. The Morgan fingerprint density at radius 3 is 1.69 bits per heavy atom. The van der Waals surface area contributed by atoms with Crippen molar-refractivity contribution < 1.29 is 9.13 Å². The van der Waals surface area contributed by atoms with Crippen molar-refractivity contribution in [3.63, 3.8) is 0 Å². The monoisotopic (exact) mass is 415 g/mol. The number of hydrogen-bond acceptors (Lipinski definition) is 5. The van der Waals surface area contributed by atoms with Gasteiger partial charge < -0.3 is 10.6 Å². The van der Waals surface area contributed by atoms with Crippen LogP contribution >= 0.6 is 11.6 Å². The largest absolute Gasteiger partial charge is 0.354 e. The van der Waals surface area contributed by atoms with Crippen molar-refractivity contribution in [3.05, 3.63) is 54.3 Å². The Morgan fingerprint density at radius 2 is 1.28 bits per heavy atom. The van der Waals surface area contributed by atoms with Crippen molar-refractivity contribution in [2.75, 3.05) is 17.2 Å². The Labute approximate surface area is 177 Å². The summed E-state index contributed by atoms with van der Waals surface area (Å²) in [6.07, 6.45) is 8.23. The van der Waals surface area contributed by atoms with Gasteiger partial charge in [0.1, 0.15) is 14.1 Å². The third-order valence-corrected chi connectivity index (χ3v) is 3.89. The molecule has 0 amide bonds. The van der Waals surface area contributed by atoms with Crippen molar-refractivity contribution >= 4 is 23.5 Å². The van der Waals surface area contributed by atoms with Gasteiger partial charge in [-0.25, -0.2) is 9.13 Å². The molecule has 3 aromatic rings. The van der Waals surface area contributed by atoms with Crippen LogP contribution in [0, 0.1) is 0 Å². The van der Waals surface area contributed by atoms with Gasteiger partial charge in [0.25, 0.3) is 0 Å². The molecule has 2 N–H and O–H groups in total. The van der Waals surface area contributed by atoms with Crippen LogP contribution in [0.3, 0.4) is 0 Å². The highest BCUT2D eigenvalue weighted by molar-refractivity contribution is 6.28. The zero-order valence-electron chi connectivity index (χ0n) is 17.9. The predicted molar refractivity (Wildman–Crippen MR) is 117 cm³/mol. The quantitative estimate of drug-likeness (QED) is 0.640. The first-order valence-electron chi connectivity index (χ1n) is 9.51. The van der Waals surface area contributed by atoms with E-state index in [1.165, 1.54) is 11.1 Å². The van der Waals surface area contributed by atoms with Crippen molar-refractivity contribution in [1.82, 2.24) is 15.0 Å². The lowest BCUT2D eigenvalue weighted by atomic mass is 10.1. The van der Waals surface area contributed by atoms with Gasteiger partial charge in [-0.3, -0.25) is 0 Å². The fourth-order valence-electron chi connectivity index (χ4n) is 2.37. The van der Waals surface area contributed by atoms with E-state index >= 15 is 0 Å². The number of hydrogen-bond donors (Lipinski definition) is 2. The standard InChI is InChI=1S/C12H14N2.C9H16ClN5/c1-13-7-3-11(4-8-13)12-5-9-14(2)10-6-12;1-5-11-7-12-6(10)13-8(14-7)15-9(2,3)4/h3-10H,1-2H3;5H2,1-4H3,(H2,11,12,13,14,15)/q+2;. The first kappa shape index (κ1) is 22.5. The smallest absolute Gasteiger partial charge is 0.229 e. The maximum absolute atomic E-state index is 5.77. The highest BCUT2D eigenvalue weighted by Crippen LogP contribution is 2.15. The average Bonchev–Trinajstić information content (AvgIpc) is 2.62. The fraction of sp³-hybridized carbons (Fsp3) is 0.381. The topological polar surface area (TPSA) is 70.5 Å². The molecule has 0 radical (unpaired) electrons. The summed E-state index contributed by atoms with van der Waals surface area (Å²) in [5.41, 5.74) is 2.40. The third kappa shape index (κ3) is 7.99. The SMILES string of the molecule is CCNc1nc(Cl)nc(NC(C)(C)C)n1.C[n+]1ccc(-c2cc[n+](C)cc2)cc1. The van der Waals surface area contributed by atoms with Crippen molar-refractivity contribution in [2.24, 2.45) is 14.1 Å². The minimum absolute atomic E-state index is 0.103. The number of pyridine rings is 2. The normalized spacial score (nSPS) is 10.7.